The predicted octanol–water partition coefficient (Wildman–Crippen LogP) is 3.70. The Morgan fingerprint density at radius 1 is 1.22 bits per heavy atom. The summed E-state index contributed by atoms with van der Waals surface area (Å²) in [6.07, 6.45) is 4.22. The van der Waals surface area contributed by atoms with Crippen LogP contribution in [0.4, 0.5) is 4.79 Å². The molecule has 2 heterocycles. The van der Waals surface area contributed by atoms with E-state index in [1.807, 2.05) is 29.2 Å². The third-order valence-electron chi connectivity index (χ3n) is 4.85. The van der Waals surface area contributed by atoms with Crippen molar-refractivity contribution in [2.45, 2.75) is 51.4 Å². The van der Waals surface area contributed by atoms with Crippen molar-refractivity contribution in [3.63, 3.8) is 0 Å². The number of thioether (sulfide) groups is 1. The molecule has 0 spiro atoms. The molecule has 27 heavy (non-hydrogen) atoms. The lowest BCUT2D eigenvalue weighted by Crippen LogP contribution is -2.63. The molecule has 1 N–H and O–H groups in total. The summed E-state index contributed by atoms with van der Waals surface area (Å²) in [6.45, 7) is 2.67. The first-order valence-corrected chi connectivity index (χ1v) is 10.7. The number of hydrogen-bond acceptors (Lipinski definition) is 5. The molecule has 146 valence electrons. The summed E-state index contributed by atoms with van der Waals surface area (Å²) in [4.78, 5) is 32.7. The van der Waals surface area contributed by atoms with Crippen LogP contribution in [0.5, 0.6) is 0 Å². The highest BCUT2D eigenvalue weighted by Crippen LogP contribution is 2.31. The minimum absolute atomic E-state index is 0.305. The second-order valence-electron chi connectivity index (χ2n) is 6.80. The molecular weight excluding hydrogens is 384 g/mol. The van der Waals surface area contributed by atoms with Crippen LogP contribution >= 0.6 is 23.4 Å². The number of nitrogens with one attached hydrogen (secondary N) is 1. The molecule has 3 amide bonds. The Balaban J connectivity index is 1.79. The number of likely N-dealkylation sites (N-methyl/N-ethyl adjacent to an activating group) is 1. The van der Waals surface area contributed by atoms with Crippen LogP contribution in [-0.4, -0.2) is 51.9 Å². The van der Waals surface area contributed by atoms with E-state index in [4.69, 9.17) is 16.6 Å². The van der Waals surface area contributed by atoms with Crippen LogP contribution in [-0.2, 0) is 11.3 Å². The van der Waals surface area contributed by atoms with Crippen LogP contribution in [0.25, 0.3) is 0 Å². The maximum absolute atomic E-state index is 12.6. The number of rotatable bonds is 7. The number of halogens is 1. The first kappa shape index (κ1) is 20.0. The molecule has 0 bridgehead atoms. The van der Waals surface area contributed by atoms with Crippen LogP contribution < -0.4 is 5.32 Å². The molecular formula is C19H25ClN4O2S. The normalized spacial score (nSPS) is 22.0. The van der Waals surface area contributed by atoms with E-state index in [9.17, 15) is 9.59 Å². The standard InChI is InChI=1S/C19H25ClN4O2S/c1-3-4-5-8-11-27-19-21-16-15(17(25)22-18(26)23(16)2)24(19)12-13-9-6-7-10-14(13)20/h6-7,9-10,15-16H,3-5,8,11-12H2,1-2H3,(H,22,25,26). The van der Waals surface area contributed by atoms with Crippen LogP contribution in [0, 0.1) is 0 Å². The largest absolute Gasteiger partial charge is 0.331 e. The Morgan fingerprint density at radius 3 is 2.74 bits per heavy atom. The number of amidine groups is 1. The van der Waals surface area contributed by atoms with Crippen molar-refractivity contribution >= 4 is 40.5 Å². The third kappa shape index (κ3) is 4.41. The van der Waals surface area contributed by atoms with Gasteiger partial charge in [0.25, 0.3) is 5.91 Å². The van der Waals surface area contributed by atoms with E-state index in [1.54, 1.807) is 18.8 Å². The fraction of sp³-hybridized carbons (Fsp3) is 0.526. The van der Waals surface area contributed by atoms with Crippen molar-refractivity contribution < 1.29 is 9.59 Å². The highest BCUT2D eigenvalue weighted by molar-refractivity contribution is 8.13. The molecule has 3 rings (SSSR count). The van der Waals surface area contributed by atoms with E-state index in [1.165, 1.54) is 24.2 Å². The number of carbonyl (C=O) groups is 2. The van der Waals surface area contributed by atoms with Crippen LogP contribution in [0.1, 0.15) is 38.2 Å². The zero-order chi connectivity index (χ0) is 19.4. The molecule has 6 nitrogen and oxygen atoms in total. The third-order valence-corrected chi connectivity index (χ3v) is 6.31. The van der Waals surface area contributed by atoms with E-state index in [-0.39, 0.29) is 5.91 Å². The number of nitrogens with zero attached hydrogens (tertiary/aromatic N) is 3. The van der Waals surface area contributed by atoms with Gasteiger partial charge in [-0.3, -0.25) is 10.1 Å². The molecule has 2 aliphatic rings. The van der Waals surface area contributed by atoms with Crippen molar-refractivity contribution in [3.8, 4) is 0 Å². The molecule has 0 aromatic heterocycles. The van der Waals surface area contributed by atoms with Crippen molar-refractivity contribution in [2.24, 2.45) is 4.99 Å². The second-order valence-corrected chi connectivity index (χ2v) is 8.27. The summed E-state index contributed by atoms with van der Waals surface area (Å²) in [7, 11) is 1.67. The average Bonchev–Trinajstić information content (AvgIpc) is 3.00. The monoisotopic (exact) mass is 408 g/mol. The van der Waals surface area contributed by atoms with Crippen molar-refractivity contribution in [1.29, 1.82) is 0 Å². The van der Waals surface area contributed by atoms with Gasteiger partial charge in [-0.2, -0.15) is 0 Å². The summed E-state index contributed by atoms with van der Waals surface area (Å²) in [6, 6.07) is 6.68. The summed E-state index contributed by atoms with van der Waals surface area (Å²) in [5.41, 5.74) is 0.937. The molecule has 1 saturated heterocycles. The molecule has 1 aromatic rings. The van der Waals surface area contributed by atoms with Gasteiger partial charge in [-0.05, 0) is 18.1 Å². The summed E-state index contributed by atoms with van der Waals surface area (Å²) >= 11 is 7.99. The fourth-order valence-corrected chi connectivity index (χ4v) is 4.54. The van der Waals surface area contributed by atoms with Gasteiger partial charge in [0.1, 0.15) is 0 Å². The van der Waals surface area contributed by atoms with E-state index in [0.29, 0.717) is 11.6 Å². The van der Waals surface area contributed by atoms with Gasteiger partial charge in [0.05, 0.1) is 0 Å². The number of aliphatic imine (C=N–C) groups is 1. The summed E-state index contributed by atoms with van der Waals surface area (Å²) in [5, 5.41) is 3.89. The smallest absolute Gasteiger partial charge is 0.325 e. The lowest BCUT2D eigenvalue weighted by atomic mass is 10.1. The minimum Gasteiger partial charge on any atom is -0.331 e. The Morgan fingerprint density at radius 2 is 2.00 bits per heavy atom. The van der Waals surface area contributed by atoms with Gasteiger partial charge in [-0.25, -0.2) is 9.79 Å². The molecule has 1 aromatic carbocycles. The fourth-order valence-electron chi connectivity index (χ4n) is 3.29. The summed E-state index contributed by atoms with van der Waals surface area (Å²) in [5.74, 6) is 0.636. The molecule has 0 radical (unpaired) electrons. The van der Waals surface area contributed by atoms with E-state index >= 15 is 0 Å². The van der Waals surface area contributed by atoms with Crippen LogP contribution in [0.2, 0.25) is 5.02 Å². The first-order valence-electron chi connectivity index (χ1n) is 9.31. The van der Waals surface area contributed by atoms with Crippen molar-refractivity contribution in [2.75, 3.05) is 12.8 Å². The van der Waals surface area contributed by atoms with Gasteiger partial charge < -0.3 is 9.80 Å². The zero-order valence-electron chi connectivity index (χ0n) is 15.7. The van der Waals surface area contributed by atoms with Gasteiger partial charge in [-0.15, -0.1) is 0 Å². The second kappa shape index (κ2) is 8.97. The lowest BCUT2D eigenvalue weighted by Gasteiger charge is -2.36. The maximum atomic E-state index is 12.6. The van der Waals surface area contributed by atoms with Gasteiger partial charge in [0, 0.05) is 24.4 Å². The number of benzene rings is 1. The number of carbonyl (C=O) groups excluding carboxylic acids is 2. The Hall–Kier alpha value is -1.73. The molecule has 2 atom stereocenters. The average molecular weight is 409 g/mol. The molecule has 0 aliphatic carbocycles. The minimum atomic E-state index is -0.526. The van der Waals surface area contributed by atoms with E-state index in [0.717, 1.165) is 22.9 Å². The molecule has 2 unspecified atom stereocenters. The SMILES string of the molecule is CCCCCCSC1=NC2C(C(=O)NC(=O)N2C)N1Cc1ccccc1Cl. The molecule has 0 saturated carbocycles. The van der Waals surface area contributed by atoms with Gasteiger partial charge >= 0.3 is 6.03 Å². The number of imide groups is 1. The van der Waals surface area contributed by atoms with Gasteiger partial charge in [0.15, 0.2) is 17.4 Å². The molecule has 2 aliphatic heterocycles. The molecule has 8 heteroatoms. The lowest BCUT2D eigenvalue weighted by molar-refractivity contribution is -0.127. The Bertz CT molecular complexity index is 742. The van der Waals surface area contributed by atoms with E-state index < -0.39 is 18.2 Å². The van der Waals surface area contributed by atoms with Gasteiger partial charge in [-0.1, -0.05) is 67.7 Å². The first-order chi connectivity index (χ1) is 13.0. The quantitative estimate of drug-likeness (QED) is 0.698. The van der Waals surface area contributed by atoms with Gasteiger partial charge in [0.2, 0.25) is 0 Å². The number of hydrogen-bond donors (Lipinski definition) is 1. The van der Waals surface area contributed by atoms with Crippen molar-refractivity contribution in [1.82, 2.24) is 15.1 Å². The Labute approximate surface area is 169 Å². The van der Waals surface area contributed by atoms with Crippen LogP contribution in [0.15, 0.2) is 29.3 Å². The predicted molar refractivity (Wildman–Crippen MR) is 110 cm³/mol. The maximum Gasteiger partial charge on any atom is 0.325 e. The Kier molecular flexibility index (Phi) is 6.65. The molecule has 1 fully saturated rings. The number of urea groups is 1. The highest BCUT2D eigenvalue weighted by Gasteiger charge is 2.48. The number of fused-ring (bicyclic) bond motifs is 1. The highest BCUT2D eigenvalue weighted by atomic mass is 35.5. The van der Waals surface area contributed by atoms with Crippen LogP contribution in [0.3, 0.4) is 0 Å². The van der Waals surface area contributed by atoms with Crippen molar-refractivity contribution in [3.05, 3.63) is 34.9 Å². The van der Waals surface area contributed by atoms with E-state index in [2.05, 4.69) is 12.2 Å². The summed E-state index contributed by atoms with van der Waals surface area (Å²) < 4.78 is 0. The number of unbranched alkanes of at least 4 members (excludes halogenated alkanes) is 3. The zero-order valence-corrected chi connectivity index (χ0v) is 17.2. The number of amides is 3. The topological polar surface area (TPSA) is 65.0 Å².